The summed E-state index contributed by atoms with van der Waals surface area (Å²) in [6.07, 6.45) is -3.97. The van der Waals surface area contributed by atoms with Crippen LogP contribution in [-0.2, 0) is 59.6 Å². The summed E-state index contributed by atoms with van der Waals surface area (Å²) in [4.78, 5) is 24.6. The molecule has 0 unspecified atom stereocenters. The maximum Gasteiger partial charge on any atom is 0.341 e. The lowest BCUT2D eigenvalue weighted by molar-refractivity contribution is -0.310. The first-order chi connectivity index (χ1) is 26.5. The van der Waals surface area contributed by atoms with Crippen LogP contribution in [0.1, 0.15) is 39.5 Å². The molecule has 0 aliphatic carbocycles. The number of benzene rings is 5. The Bertz CT molecular complexity index is 1890. The van der Waals surface area contributed by atoms with Crippen molar-refractivity contribution in [1.29, 1.82) is 0 Å². The molecule has 0 N–H and O–H groups in total. The van der Waals surface area contributed by atoms with E-state index in [0.717, 1.165) is 22.3 Å². The molecule has 5 atom stereocenters. The molecule has 0 radical (unpaired) electrons. The van der Waals surface area contributed by atoms with Crippen LogP contribution in [0.3, 0.4) is 0 Å². The molecule has 1 aliphatic rings. The number of ether oxygens (including phenoxy) is 8. The van der Waals surface area contributed by atoms with Gasteiger partial charge in [0.1, 0.15) is 41.5 Å². The predicted molar refractivity (Wildman–Crippen MR) is 200 cm³/mol. The molecule has 0 spiro atoms. The van der Waals surface area contributed by atoms with Gasteiger partial charge in [0.25, 0.3) is 0 Å². The summed E-state index contributed by atoms with van der Waals surface area (Å²) in [5, 5.41) is 0. The summed E-state index contributed by atoms with van der Waals surface area (Å²) in [5.74, 6) is -1.01. The molecule has 0 bridgehead atoms. The van der Waals surface area contributed by atoms with Crippen LogP contribution >= 0.6 is 0 Å². The molecule has 0 amide bonds. The van der Waals surface area contributed by atoms with Gasteiger partial charge in [-0.15, -0.1) is 0 Å². The van der Waals surface area contributed by atoms with E-state index in [1.165, 1.54) is 26.2 Å². The minimum absolute atomic E-state index is 0.00598. The molecule has 5 aromatic rings. The summed E-state index contributed by atoms with van der Waals surface area (Å²) in [6, 6.07) is 43.9. The zero-order chi connectivity index (χ0) is 37.5. The topological polar surface area (TPSA) is 108 Å². The fourth-order valence-electron chi connectivity index (χ4n) is 6.07. The Morgan fingerprint density at radius 2 is 1.07 bits per heavy atom. The molecule has 1 fully saturated rings. The van der Waals surface area contributed by atoms with Crippen LogP contribution in [0, 0.1) is 0 Å². The Morgan fingerprint density at radius 3 is 1.57 bits per heavy atom. The quantitative estimate of drug-likeness (QED) is 0.0706. The second-order valence-corrected chi connectivity index (χ2v) is 12.7. The van der Waals surface area contributed by atoms with Crippen LogP contribution in [0.4, 0.5) is 0 Å². The van der Waals surface area contributed by atoms with E-state index in [1.807, 2.05) is 121 Å². The summed E-state index contributed by atoms with van der Waals surface area (Å²) in [7, 11) is 1.25. The van der Waals surface area contributed by atoms with Gasteiger partial charge in [0.05, 0.1) is 40.1 Å². The van der Waals surface area contributed by atoms with E-state index < -0.39 is 42.6 Å². The molecular weight excluding hydrogens is 688 g/mol. The van der Waals surface area contributed by atoms with Crippen LogP contribution in [0.25, 0.3) is 0 Å². The Labute approximate surface area is 315 Å². The molecular formula is C44H44O10. The van der Waals surface area contributed by atoms with E-state index in [4.69, 9.17) is 37.9 Å². The van der Waals surface area contributed by atoms with E-state index in [9.17, 15) is 9.59 Å². The maximum atomic E-state index is 12.8. The fourth-order valence-corrected chi connectivity index (χ4v) is 6.07. The summed E-state index contributed by atoms with van der Waals surface area (Å²) in [6.45, 7) is 2.51. The zero-order valence-corrected chi connectivity index (χ0v) is 30.3. The van der Waals surface area contributed by atoms with Gasteiger partial charge in [0, 0.05) is 6.92 Å². The van der Waals surface area contributed by atoms with Crippen LogP contribution < -0.4 is 9.47 Å². The van der Waals surface area contributed by atoms with Crippen molar-refractivity contribution in [3.63, 3.8) is 0 Å². The highest BCUT2D eigenvalue weighted by atomic mass is 16.7. The first-order valence-corrected chi connectivity index (χ1v) is 17.8. The largest absolute Gasteiger partial charge is 0.465 e. The number of rotatable bonds is 17. The summed E-state index contributed by atoms with van der Waals surface area (Å²) >= 11 is 0. The number of esters is 2. The van der Waals surface area contributed by atoms with Gasteiger partial charge in [0.15, 0.2) is 0 Å². The van der Waals surface area contributed by atoms with Crippen molar-refractivity contribution in [2.45, 2.75) is 64.1 Å². The predicted octanol–water partition coefficient (Wildman–Crippen LogP) is 7.48. The Hall–Kier alpha value is -5.36. The van der Waals surface area contributed by atoms with Crippen molar-refractivity contribution in [2.75, 3.05) is 13.7 Å². The fraction of sp³-hybridized carbons (Fsp3) is 0.273. The first kappa shape index (κ1) is 38.4. The lowest BCUT2D eigenvalue weighted by Crippen LogP contribution is -2.62. The van der Waals surface area contributed by atoms with Crippen LogP contribution in [0.5, 0.6) is 11.5 Å². The molecule has 1 aliphatic heterocycles. The van der Waals surface area contributed by atoms with Gasteiger partial charge in [-0.25, -0.2) is 4.79 Å². The summed E-state index contributed by atoms with van der Waals surface area (Å²) in [5.41, 5.74) is 3.89. The molecule has 1 saturated heterocycles. The van der Waals surface area contributed by atoms with Crippen molar-refractivity contribution in [3.8, 4) is 11.5 Å². The van der Waals surface area contributed by atoms with Gasteiger partial charge < -0.3 is 37.9 Å². The smallest absolute Gasteiger partial charge is 0.341 e. The van der Waals surface area contributed by atoms with E-state index in [0.29, 0.717) is 6.61 Å². The third-order valence-electron chi connectivity index (χ3n) is 8.70. The molecule has 6 rings (SSSR count). The van der Waals surface area contributed by atoms with Crippen molar-refractivity contribution in [1.82, 2.24) is 0 Å². The highest BCUT2D eigenvalue weighted by Crippen LogP contribution is 2.34. The van der Waals surface area contributed by atoms with Gasteiger partial charge in [0.2, 0.25) is 6.29 Å². The van der Waals surface area contributed by atoms with Crippen LogP contribution in [0.15, 0.2) is 140 Å². The second-order valence-electron chi connectivity index (χ2n) is 12.7. The van der Waals surface area contributed by atoms with Gasteiger partial charge >= 0.3 is 11.9 Å². The van der Waals surface area contributed by atoms with E-state index >= 15 is 0 Å². The normalized spacial score (nSPS) is 19.5. The van der Waals surface area contributed by atoms with Crippen LogP contribution in [0.2, 0.25) is 0 Å². The lowest BCUT2D eigenvalue weighted by Gasteiger charge is -2.45. The van der Waals surface area contributed by atoms with Gasteiger partial charge in [-0.2, -0.15) is 0 Å². The zero-order valence-electron chi connectivity index (χ0n) is 30.3. The Kier molecular flexibility index (Phi) is 14.0. The van der Waals surface area contributed by atoms with Crippen molar-refractivity contribution in [2.24, 2.45) is 0 Å². The molecule has 1 heterocycles. The lowest BCUT2D eigenvalue weighted by atomic mass is 9.97. The minimum atomic E-state index is -1.07. The van der Waals surface area contributed by atoms with Gasteiger partial charge in [-0.05, 0) is 40.5 Å². The molecule has 5 aromatic carbocycles. The molecule has 0 saturated carbocycles. The molecule has 54 heavy (non-hydrogen) atoms. The molecule has 10 heteroatoms. The van der Waals surface area contributed by atoms with E-state index in [2.05, 4.69) is 0 Å². The second kappa shape index (κ2) is 19.6. The van der Waals surface area contributed by atoms with Gasteiger partial charge in [-0.3, -0.25) is 4.79 Å². The highest BCUT2D eigenvalue weighted by Gasteiger charge is 2.50. The molecule has 0 aromatic heterocycles. The van der Waals surface area contributed by atoms with E-state index in [-0.39, 0.29) is 43.5 Å². The SMILES string of the molecule is COC(=O)c1cc(O[C@@H]2O[C@H](COCc3ccccc3)[C@@H](OCc3ccccc3)[C@H](OCc3ccccc3)[C@H]2OCc2ccccc2)ccc1OC(C)=O. The Balaban J connectivity index is 1.36. The Morgan fingerprint density at radius 1 is 0.593 bits per heavy atom. The van der Waals surface area contributed by atoms with Crippen molar-refractivity contribution in [3.05, 3.63) is 167 Å². The third kappa shape index (κ3) is 10.8. The summed E-state index contributed by atoms with van der Waals surface area (Å²) < 4.78 is 50.0. The van der Waals surface area contributed by atoms with Crippen molar-refractivity contribution >= 4 is 11.9 Å². The molecule has 10 nitrogen and oxygen atoms in total. The number of hydrogen-bond acceptors (Lipinski definition) is 10. The van der Waals surface area contributed by atoms with E-state index in [1.54, 1.807) is 6.07 Å². The van der Waals surface area contributed by atoms with Crippen molar-refractivity contribution < 1.29 is 47.5 Å². The number of hydrogen-bond donors (Lipinski definition) is 0. The average molecular weight is 733 g/mol. The number of carbonyl (C=O) groups excluding carboxylic acids is 2. The molecule has 280 valence electrons. The number of methoxy groups -OCH3 is 1. The average Bonchev–Trinajstić information content (AvgIpc) is 3.21. The first-order valence-electron chi connectivity index (χ1n) is 17.8. The number of carbonyl (C=O) groups is 2. The standard InChI is InChI=1S/C44H44O10/c1-31(45)52-38-24-23-36(25-37(38)43(46)47-2)53-44-42(51-29-35-21-13-6-14-22-35)41(50-28-34-19-11-5-12-20-34)40(49-27-33-17-9-4-10-18-33)39(54-44)30-48-26-32-15-7-3-8-16-32/h3-25,39-42,44H,26-30H2,1-2H3/t39-,40-,41+,42-,44-/m1/s1. The third-order valence-corrected chi connectivity index (χ3v) is 8.70. The minimum Gasteiger partial charge on any atom is -0.465 e. The maximum absolute atomic E-state index is 12.8. The van der Waals surface area contributed by atoms with Crippen LogP contribution in [-0.4, -0.2) is 56.4 Å². The monoisotopic (exact) mass is 732 g/mol. The highest BCUT2D eigenvalue weighted by molar-refractivity contribution is 5.93. The van der Waals surface area contributed by atoms with Gasteiger partial charge in [-0.1, -0.05) is 121 Å².